The number of amides is 2. The van der Waals surface area contributed by atoms with Crippen LogP contribution < -0.4 is 15.4 Å². The first-order chi connectivity index (χ1) is 13.3. The van der Waals surface area contributed by atoms with E-state index < -0.39 is 0 Å². The zero-order valence-electron chi connectivity index (χ0n) is 15.7. The van der Waals surface area contributed by atoms with Crippen molar-refractivity contribution >= 4 is 34.5 Å². The van der Waals surface area contributed by atoms with Gasteiger partial charge in [0.2, 0.25) is 0 Å². The van der Waals surface area contributed by atoms with Gasteiger partial charge in [0, 0.05) is 16.8 Å². The van der Waals surface area contributed by atoms with E-state index >= 15 is 0 Å². The molecule has 0 unspecified atom stereocenters. The zero-order chi connectivity index (χ0) is 20.1. The number of anilines is 2. The maximum atomic E-state index is 12.0. The van der Waals surface area contributed by atoms with Gasteiger partial charge in [-0.05, 0) is 35.7 Å². The molecule has 1 aromatic carbocycles. The summed E-state index contributed by atoms with van der Waals surface area (Å²) in [4.78, 5) is 28.8. The number of carbonyl (C=O) groups excluding carboxylic acids is 2. The molecule has 0 saturated carbocycles. The van der Waals surface area contributed by atoms with Crippen LogP contribution in [0.5, 0.6) is 6.08 Å². The van der Waals surface area contributed by atoms with Gasteiger partial charge in [-0.3, -0.25) is 14.1 Å². The molecule has 28 heavy (non-hydrogen) atoms. The van der Waals surface area contributed by atoms with E-state index in [0.29, 0.717) is 22.1 Å². The summed E-state index contributed by atoms with van der Waals surface area (Å²) in [5, 5.41) is 11.2. The fourth-order valence-corrected chi connectivity index (χ4v) is 2.75. The summed E-state index contributed by atoms with van der Waals surface area (Å²) in [5.74, 6) is -0.0386. The number of ether oxygens (including phenoxy) is 1. The van der Waals surface area contributed by atoms with Crippen LogP contribution in [0.4, 0.5) is 11.4 Å². The van der Waals surface area contributed by atoms with Gasteiger partial charge >= 0.3 is 6.08 Å². The van der Waals surface area contributed by atoms with Crippen LogP contribution in [0.2, 0.25) is 0 Å². The summed E-state index contributed by atoms with van der Waals surface area (Å²) in [6.45, 7) is 5.57. The Hall–Kier alpha value is -3.20. The molecule has 146 valence electrons. The Morgan fingerprint density at radius 2 is 1.79 bits per heavy atom. The lowest BCUT2D eigenvalue weighted by atomic mass is 9.96. The van der Waals surface area contributed by atoms with Crippen molar-refractivity contribution < 1.29 is 18.8 Å². The molecule has 9 heteroatoms. The number of benzene rings is 1. The molecule has 0 aliphatic carbocycles. The van der Waals surface area contributed by atoms with E-state index in [1.54, 1.807) is 30.3 Å². The molecule has 2 heterocycles. The number of carbonyl (C=O) groups is 2. The maximum Gasteiger partial charge on any atom is 0.417 e. The molecule has 0 radical (unpaired) electrons. The lowest BCUT2D eigenvalue weighted by Gasteiger charge is -2.10. The summed E-state index contributed by atoms with van der Waals surface area (Å²) in [6.07, 6.45) is -0.0493. The molecule has 0 aliphatic rings. The van der Waals surface area contributed by atoms with Gasteiger partial charge in [0.25, 0.3) is 11.8 Å². The molecule has 2 aromatic heterocycles. The van der Waals surface area contributed by atoms with Crippen molar-refractivity contribution in [2.75, 3.05) is 17.2 Å². The Labute approximate surface area is 165 Å². The predicted molar refractivity (Wildman–Crippen MR) is 106 cm³/mol. The van der Waals surface area contributed by atoms with E-state index in [2.05, 4.69) is 20.8 Å². The average Bonchev–Trinajstić information content (AvgIpc) is 3.33. The maximum absolute atomic E-state index is 12.0. The van der Waals surface area contributed by atoms with Crippen LogP contribution in [0.25, 0.3) is 0 Å². The third kappa shape index (κ3) is 5.17. The summed E-state index contributed by atoms with van der Waals surface area (Å²) >= 11 is 1.37. The van der Waals surface area contributed by atoms with Crippen molar-refractivity contribution in [1.29, 1.82) is 0 Å². The van der Waals surface area contributed by atoms with Crippen molar-refractivity contribution in [3.05, 3.63) is 52.5 Å². The first-order valence-corrected chi connectivity index (χ1v) is 9.41. The highest BCUT2D eigenvalue weighted by Crippen LogP contribution is 2.21. The highest BCUT2D eigenvalue weighted by atomic mass is 32.1. The molecular formula is C19H20N4O4S. The molecular weight excluding hydrogens is 380 g/mol. The molecule has 3 rings (SSSR count). The lowest BCUT2D eigenvalue weighted by Crippen LogP contribution is -2.20. The van der Waals surface area contributed by atoms with Gasteiger partial charge in [-0.2, -0.15) is 4.98 Å². The van der Waals surface area contributed by atoms with Gasteiger partial charge in [-0.15, -0.1) is 11.3 Å². The first-order valence-electron chi connectivity index (χ1n) is 8.53. The zero-order valence-corrected chi connectivity index (χ0v) is 16.5. The summed E-state index contributed by atoms with van der Waals surface area (Å²) in [7, 11) is 0. The van der Waals surface area contributed by atoms with E-state index in [1.165, 1.54) is 11.3 Å². The van der Waals surface area contributed by atoms with Crippen LogP contribution in [0.15, 0.2) is 46.3 Å². The Kier molecular flexibility index (Phi) is 5.74. The van der Waals surface area contributed by atoms with Gasteiger partial charge in [0.15, 0.2) is 12.4 Å². The average molecular weight is 400 g/mol. The fourth-order valence-electron chi connectivity index (χ4n) is 2.13. The molecule has 0 atom stereocenters. The Morgan fingerprint density at radius 3 is 2.36 bits per heavy atom. The van der Waals surface area contributed by atoms with Crippen molar-refractivity contribution in [2.24, 2.45) is 0 Å². The molecule has 0 spiro atoms. The van der Waals surface area contributed by atoms with Crippen LogP contribution in [0, 0.1) is 0 Å². The van der Waals surface area contributed by atoms with Crippen molar-refractivity contribution in [2.45, 2.75) is 26.2 Å². The molecule has 2 N–H and O–H groups in total. The molecule has 0 fully saturated rings. The van der Waals surface area contributed by atoms with E-state index in [-0.39, 0.29) is 29.9 Å². The van der Waals surface area contributed by atoms with Gasteiger partial charge in [0.05, 0.1) is 4.88 Å². The predicted octanol–water partition coefficient (Wildman–Crippen LogP) is 3.70. The summed E-state index contributed by atoms with van der Waals surface area (Å²) in [5.41, 5.74) is 0.936. The Bertz CT molecular complexity index is 943. The van der Waals surface area contributed by atoms with Gasteiger partial charge in [-0.25, -0.2) is 0 Å². The molecule has 8 nitrogen and oxygen atoms in total. The van der Waals surface area contributed by atoms with E-state index in [1.807, 2.05) is 32.2 Å². The van der Waals surface area contributed by atoms with Crippen LogP contribution in [-0.4, -0.2) is 28.6 Å². The minimum absolute atomic E-state index is 0.0493. The normalized spacial score (nSPS) is 11.1. The molecule has 3 aromatic rings. The highest BCUT2D eigenvalue weighted by Gasteiger charge is 2.21. The highest BCUT2D eigenvalue weighted by molar-refractivity contribution is 7.12. The smallest absolute Gasteiger partial charge is 0.417 e. The summed E-state index contributed by atoms with van der Waals surface area (Å²) < 4.78 is 10.2. The number of nitrogens with one attached hydrogen (secondary N) is 2. The molecule has 0 saturated heterocycles. The van der Waals surface area contributed by atoms with Crippen LogP contribution in [0.3, 0.4) is 0 Å². The molecule has 0 bridgehead atoms. The monoisotopic (exact) mass is 400 g/mol. The third-order valence-electron chi connectivity index (χ3n) is 3.58. The standard InChI is InChI=1S/C19H20N4O4S/c1-19(2,3)17-22-18(27-23-17)26-11-15(24)20-12-6-8-13(9-7-12)21-16(25)14-5-4-10-28-14/h4-10H,11H2,1-3H3,(H,20,24)(H,21,25). The quantitative estimate of drug-likeness (QED) is 0.653. The second-order valence-electron chi connectivity index (χ2n) is 6.98. The first kappa shape index (κ1) is 19.6. The third-order valence-corrected chi connectivity index (χ3v) is 4.45. The number of hydrogen-bond donors (Lipinski definition) is 2. The summed E-state index contributed by atoms with van der Waals surface area (Å²) in [6, 6.07) is 10.4. The Balaban J connectivity index is 1.49. The van der Waals surface area contributed by atoms with Crippen LogP contribution in [-0.2, 0) is 10.2 Å². The second kappa shape index (κ2) is 8.22. The van der Waals surface area contributed by atoms with Crippen molar-refractivity contribution in [3.63, 3.8) is 0 Å². The number of hydrogen-bond acceptors (Lipinski definition) is 7. The lowest BCUT2D eigenvalue weighted by molar-refractivity contribution is -0.118. The van der Waals surface area contributed by atoms with Gasteiger partial charge < -0.3 is 15.4 Å². The Morgan fingerprint density at radius 1 is 1.11 bits per heavy atom. The van der Waals surface area contributed by atoms with Crippen molar-refractivity contribution in [3.8, 4) is 6.08 Å². The molecule has 2 amide bonds. The SMILES string of the molecule is CC(C)(C)c1noc(OCC(=O)Nc2ccc(NC(=O)c3cccs3)cc2)n1. The number of nitrogens with zero attached hydrogens (tertiary/aromatic N) is 2. The second-order valence-corrected chi connectivity index (χ2v) is 7.93. The largest absolute Gasteiger partial charge is 0.439 e. The number of aromatic nitrogens is 2. The van der Waals surface area contributed by atoms with E-state index in [4.69, 9.17) is 9.26 Å². The minimum Gasteiger partial charge on any atom is -0.439 e. The minimum atomic E-state index is -0.370. The van der Waals surface area contributed by atoms with Gasteiger partial charge in [-0.1, -0.05) is 32.0 Å². The van der Waals surface area contributed by atoms with Crippen molar-refractivity contribution in [1.82, 2.24) is 10.1 Å². The van der Waals surface area contributed by atoms with E-state index in [0.717, 1.165) is 0 Å². The number of rotatable bonds is 6. The topological polar surface area (TPSA) is 106 Å². The van der Waals surface area contributed by atoms with Crippen LogP contribution >= 0.6 is 11.3 Å². The fraction of sp³-hybridized carbons (Fsp3) is 0.263. The van der Waals surface area contributed by atoms with E-state index in [9.17, 15) is 9.59 Å². The van der Waals surface area contributed by atoms with Crippen LogP contribution in [0.1, 0.15) is 36.3 Å². The van der Waals surface area contributed by atoms with Gasteiger partial charge in [0.1, 0.15) is 0 Å². The molecule has 0 aliphatic heterocycles. The number of thiophene rings is 1.